The standard InChI is InChI=1S/C55H39NO/c1-55(2)46-27-10-6-24-44(46)54-47(55)28-16-31-50(54)56(48-29-11-7-21-39(48)38-33-34-52-45(35-38)42-23-9-13-32-51(42)57-52)49-30-12-8-22-41(49)43-26-15-20-37-19-14-25-40(53(37)43)36-17-4-3-5-18-36/h3-35H,1-2H3. The fourth-order valence-electron chi connectivity index (χ4n) is 9.44. The zero-order valence-electron chi connectivity index (χ0n) is 31.9. The largest absolute Gasteiger partial charge is 0.456 e. The maximum atomic E-state index is 6.29. The Balaban J connectivity index is 1.22. The van der Waals surface area contributed by atoms with Crippen LogP contribution in [0.4, 0.5) is 17.1 Å². The van der Waals surface area contributed by atoms with Gasteiger partial charge in [0.25, 0.3) is 0 Å². The Kier molecular flexibility index (Phi) is 7.55. The van der Waals surface area contributed by atoms with Crippen molar-refractivity contribution in [2.24, 2.45) is 0 Å². The average molecular weight is 730 g/mol. The maximum Gasteiger partial charge on any atom is 0.135 e. The van der Waals surface area contributed by atoms with Gasteiger partial charge in [0.1, 0.15) is 11.2 Å². The molecule has 0 spiro atoms. The van der Waals surface area contributed by atoms with Crippen LogP contribution in [0.5, 0.6) is 0 Å². The smallest absolute Gasteiger partial charge is 0.135 e. The number of para-hydroxylation sites is 3. The molecule has 0 unspecified atom stereocenters. The molecule has 9 aromatic carbocycles. The molecule has 2 heteroatoms. The Morgan fingerprint density at radius 2 is 0.965 bits per heavy atom. The van der Waals surface area contributed by atoms with E-state index in [1.807, 2.05) is 12.1 Å². The van der Waals surface area contributed by atoms with E-state index in [-0.39, 0.29) is 5.41 Å². The second-order valence-electron chi connectivity index (χ2n) is 15.6. The highest BCUT2D eigenvalue weighted by atomic mass is 16.3. The summed E-state index contributed by atoms with van der Waals surface area (Å²) in [5, 5.41) is 4.70. The summed E-state index contributed by atoms with van der Waals surface area (Å²) in [6.45, 7) is 4.72. The monoisotopic (exact) mass is 729 g/mol. The van der Waals surface area contributed by atoms with Gasteiger partial charge in [-0.1, -0.05) is 178 Å². The molecule has 57 heavy (non-hydrogen) atoms. The first-order chi connectivity index (χ1) is 28.1. The van der Waals surface area contributed by atoms with Crippen LogP contribution < -0.4 is 4.90 Å². The van der Waals surface area contributed by atoms with Gasteiger partial charge in [0.2, 0.25) is 0 Å². The molecule has 0 saturated heterocycles. The quantitative estimate of drug-likeness (QED) is 0.169. The number of anilines is 3. The predicted molar refractivity (Wildman–Crippen MR) is 240 cm³/mol. The molecule has 0 bridgehead atoms. The summed E-state index contributed by atoms with van der Waals surface area (Å²) in [6, 6.07) is 72.8. The second kappa shape index (κ2) is 13.0. The average Bonchev–Trinajstić information content (AvgIpc) is 3.76. The molecule has 270 valence electrons. The predicted octanol–water partition coefficient (Wildman–Crippen LogP) is 15.5. The lowest BCUT2D eigenvalue weighted by atomic mass is 9.82. The molecular formula is C55H39NO. The van der Waals surface area contributed by atoms with Crippen LogP contribution in [0.1, 0.15) is 25.0 Å². The highest BCUT2D eigenvalue weighted by molar-refractivity contribution is 6.11. The summed E-state index contributed by atoms with van der Waals surface area (Å²) in [6.07, 6.45) is 0. The Labute approximate surface area is 332 Å². The zero-order valence-corrected chi connectivity index (χ0v) is 31.9. The number of nitrogens with zero attached hydrogens (tertiary/aromatic N) is 1. The summed E-state index contributed by atoms with van der Waals surface area (Å²) < 4.78 is 6.29. The van der Waals surface area contributed by atoms with Crippen molar-refractivity contribution >= 4 is 49.8 Å². The van der Waals surface area contributed by atoms with Crippen LogP contribution in [-0.2, 0) is 5.41 Å². The minimum absolute atomic E-state index is 0.153. The van der Waals surface area contributed by atoms with Crippen molar-refractivity contribution < 1.29 is 4.42 Å². The van der Waals surface area contributed by atoms with Crippen LogP contribution >= 0.6 is 0 Å². The van der Waals surface area contributed by atoms with Crippen molar-refractivity contribution in [1.82, 2.24) is 0 Å². The third-order valence-corrected chi connectivity index (χ3v) is 12.1. The van der Waals surface area contributed by atoms with E-state index >= 15 is 0 Å². The molecular weight excluding hydrogens is 691 g/mol. The SMILES string of the molecule is CC1(C)c2ccccc2-c2c(N(c3ccccc3-c3ccc4oc5ccccc5c4c3)c3ccccc3-c3cccc4cccc(-c5ccccc5)c34)cccc21. The Bertz CT molecular complexity index is 3160. The van der Waals surface area contributed by atoms with Crippen molar-refractivity contribution in [3.63, 3.8) is 0 Å². The van der Waals surface area contributed by atoms with Gasteiger partial charge in [-0.15, -0.1) is 0 Å². The number of benzene rings is 9. The maximum absolute atomic E-state index is 6.29. The molecule has 0 N–H and O–H groups in total. The van der Waals surface area contributed by atoms with Gasteiger partial charge in [-0.25, -0.2) is 0 Å². The van der Waals surface area contributed by atoms with Gasteiger partial charge in [-0.05, 0) is 86.1 Å². The molecule has 0 aliphatic heterocycles. The van der Waals surface area contributed by atoms with Crippen LogP contribution in [0.15, 0.2) is 205 Å². The van der Waals surface area contributed by atoms with Gasteiger partial charge >= 0.3 is 0 Å². The number of furan rings is 1. The zero-order chi connectivity index (χ0) is 38.1. The van der Waals surface area contributed by atoms with E-state index in [0.29, 0.717) is 0 Å². The van der Waals surface area contributed by atoms with E-state index in [1.54, 1.807) is 0 Å². The molecule has 0 radical (unpaired) electrons. The van der Waals surface area contributed by atoms with E-state index in [1.165, 1.54) is 55.3 Å². The van der Waals surface area contributed by atoms with Gasteiger partial charge in [0.15, 0.2) is 0 Å². The van der Waals surface area contributed by atoms with Gasteiger partial charge in [-0.2, -0.15) is 0 Å². The normalized spacial score (nSPS) is 12.9. The van der Waals surface area contributed by atoms with Crippen LogP contribution in [0, 0.1) is 0 Å². The molecule has 1 aliphatic carbocycles. The number of rotatable bonds is 6. The van der Waals surface area contributed by atoms with Crippen LogP contribution in [-0.4, -0.2) is 0 Å². The van der Waals surface area contributed by atoms with E-state index < -0.39 is 0 Å². The molecule has 10 aromatic rings. The minimum atomic E-state index is -0.153. The van der Waals surface area contributed by atoms with Gasteiger partial charge in [0, 0.05) is 32.9 Å². The van der Waals surface area contributed by atoms with Gasteiger partial charge in [0.05, 0.1) is 17.1 Å². The minimum Gasteiger partial charge on any atom is -0.456 e. The Morgan fingerprint density at radius 3 is 1.79 bits per heavy atom. The number of fused-ring (bicyclic) bond motifs is 7. The third-order valence-electron chi connectivity index (χ3n) is 12.1. The molecule has 0 atom stereocenters. The lowest BCUT2D eigenvalue weighted by Gasteiger charge is -2.32. The fraction of sp³-hybridized carbons (Fsp3) is 0.0545. The lowest BCUT2D eigenvalue weighted by molar-refractivity contribution is 0.660. The van der Waals surface area contributed by atoms with E-state index in [9.17, 15) is 0 Å². The summed E-state index contributed by atoms with van der Waals surface area (Å²) in [7, 11) is 0. The first kappa shape index (κ1) is 33.2. The summed E-state index contributed by atoms with van der Waals surface area (Å²) in [4.78, 5) is 2.53. The molecule has 1 aliphatic rings. The van der Waals surface area contributed by atoms with E-state index in [2.05, 4.69) is 207 Å². The number of hydrogen-bond donors (Lipinski definition) is 0. The van der Waals surface area contributed by atoms with Gasteiger partial charge < -0.3 is 9.32 Å². The number of hydrogen-bond acceptors (Lipinski definition) is 2. The van der Waals surface area contributed by atoms with Crippen LogP contribution in [0.3, 0.4) is 0 Å². The highest BCUT2D eigenvalue weighted by Gasteiger charge is 2.38. The van der Waals surface area contributed by atoms with Gasteiger partial charge in [-0.3, -0.25) is 0 Å². The van der Waals surface area contributed by atoms with Crippen molar-refractivity contribution in [2.45, 2.75) is 19.3 Å². The van der Waals surface area contributed by atoms with Crippen molar-refractivity contribution in [2.75, 3.05) is 4.90 Å². The molecule has 0 fully saturated rings. The topological polar surface area (TPSA) is 16.4 Å². The molecule has 0 amide bonds. The molecule has 1 heterocycles. The molecule has 11 rings (SSSR count). The van der Waals surface area contributed by atoms with E-state index in [4.69, 9.17) is 4.42 Å². The summed E-state index contributed by atoms with van der Waals surface area (Å²) in [5.74, 6) is 0. The molecule has 2 nitrogen and oxygen atoms in total. The second-order valence-corrected chi connectivity index (χ2v) is 15.6. The fourth-order valence-corrected chi connectivity index (χ4v) is 9.44. The van der Waals surface area contributed by atoms with Crippen molar-refractivity contribution in [3.8, 4) is 44.5 Å². The first-order valence-corrected chi connectivity index (χ1v) is 19.8. The van der Waals surface area contributed by atoms with Crippen molar-refractivity contribution in [3.05, 3.63) is 211 Å². The molecule has 0 saturated carbocycles. The summed E-state index contributed by atoms with van der Waals surface area (Å²) in [5.41, 5.74) is 17.4. The van der Waals surface area contributed by atoms with Crippen LogP contribution in [0.2, 0.25) is 0 Å². The Hall–Kier alpha value is -7.16. The highest BCUT2D eigenvalue weighted by Crippen LogP contribution is 2.56. The first-order valence-electron chi connectivity index (χ1n) is 19.8. The molecule has 1 aromatic heterocycles. The van der Waals surface area contributed by atoms with Crippen LogP contribution in [0.25, 0.3) is 77.2 Å². The lowest BCUT2D eigenvalue weighted by Crippen LogP contribution is -2.16. The third kappa shape index (κ3) is 5.18. The van der Waals surface area contributed by atoms with E-state index in [0.717, 1.165) is 50.1 Å². The van der Waals surface area contributed by atoms with Crippen molar-refractivity contribution in [1.29, 1.82) is 0 Å². The Morgan fingerprint density at radius 1 is 0.386 bits per heavy atom. The summed E-state index contributed by atoms with van der Waals surface area (Å²) >= 11 is 0.